The van der Waals surface area contributed by atoms with Crippen LogP contribution in [0.25, 0.3) is 0 Å². The molecule has 0 aromatic heterocycles. The Morgan fingerprint density at radius 1 is 1.04 bits per heavy atom. The number of carbonyl (C=O) groups excluding carboxylic acids is 1. The Morgan fingerprint density at radius 3 is 2.28 bits per heavy atom. The van der Waals surface area contributed by atoms with Gasteiger partial charge in [-0.15, -0.1) is 0 Å². The summed E-state index contributed by atoms with van der Waals surface area (Å²) in [4.78, 5) is 11.8. The van der Waals surface area contributed by atoms with Crippen molar-refractivity contribution in [1.82, 2.24) is 5.32 Å². The lowest BCUT2D eigenvalue weighted by atomic mass is 10.1. The van der Waals surface area contributed by atoms with Crippen LogP contribution in [0.1, 0.15) is 24.4 Å². The number of para-hydroxylation sites is 1. The molecule has 0 aliphatic rings. The van der Waals surface area contributed by atoms with Gasteiger partial charge in [0.25, 0.3) is 0 Å². The van der Waals surface area contributed by atoms with Crippen LogP contribution in [0.3, 0.4) is 0 Å². The molecule has 0 aliphatic carbocycles. The summed E-state index contributed by atoms with van der Waals surface area (Å²) in [6.45, 7) is 0.213. The maximum atomic E-state index is 13.1. The van der Waals surface area contributed by atoms with Crippen LogP contribution in [-0.2, 0) is 4.79 Å². The molecule has 0 saturated heterocycles. The van der Waals surface area contributed by atoms with E-state index in [9.17, 15) is 22.4 Å². The van der Waals surface area contributed by atoms with Crippen LogP contribution in [0.15, 0.2) is 54.6 Å². The Morgan fingerprint density at radius 2 is 1.68 bits per heavy atom. The smallest absolute Gasteiger partial charge is 0.412 e. The third-order valence-electron chi connectivity index (χ3n) is 3.40. The molecule has 0 spiro atoms. The Bertz CT molecular complexity index is 672. The molecule has 2 aromatic carbocycles. The summed E-state index contributed by atoms with van der Waals surface area (Å²) < 4.78 is 57.7. The van der Waals surface area contributed by atoms with Gasteiger partial charge in [0.15, 0.2) is 6.04 Å². The zero-order chi connectivity index (χ0) is 18.3. The monoisotopic (exact) mass is 355 g/mol. The van der Waals surface area contributed by atoms with Gasteiger partial charge in [0.1, 0.15) is 11.6 Å². The minimum atomic E-state index is -4.67. The van der Waals surface area contributed by atoms with E-state index in [0.717, 1.165) is 24.3 Å². The molecule has 2 aromatic rings. The van der Waals surface area contributed by atoms with Gasteiger partial charge < -0.3 is 10.1 Å². The van der Waals surface area contributed by atoms with Crippen LogP contribution in [-0.4, -0.2) is 18.7 Å². The van der Waals surface area contributed by atoms with Gasteiger partial charge in [-0.05, 0) is 36.2 Å². The average Bonchev–Trinajstić information content (AvgIpc) is 2.57. The zero-order valence-corrected chi connectivity index (χ0v) is 13.2. The largest absolute Gasteiger partial charge is 0.494 e. The summed E-state index contributed by atoms with van der Waals surface area (Å²) in [7, 11) is 0. The number of hydrogen-bond donors (Lipinski definition) is 1. The molecule has 0 fully saturated rings. The zero-order valence-electron chi connectivity index (χ0n) is 13.2. The fourth-order valence-corrected chi connectivity index (χ4v) is 2.18. The first kappa shape index (κ1) is 18.8. The van der Waals surface area contributed by atoms with E-state index in [-0.39, 0.29) is 25.0 Å². The molecule has 0 bridgehead atoms. The van der Waals surface area contributed by atoms with Crippen molar-refractivity contribution < 1.29 is 27.1 Å². The summed E-state index contributed by atoms with van der Waals surface area (Å²) in [5, 5.41) is 1.95. The molecule has 1 amide bonds. The molecule has 0 aliphatic heterocycles. The van der Waals surface area contributed by atoms with Crippen molar-refractivity contribution in [2.75, 3.05) is 6.61 Å². The molecule has 0 radical (unpaired) electrons. The lowest BCUT2D eigenvalue weighted by Crippen LogP contribution is -2.38. The highest BCUT2D eigenvalue weighted by molar-refractivity contribution is 5.76. The van der Waals surface area contributed by atoms with E-state index in [1.165, 1.54) is 0 Å². The van der Waals surface area contributed by atoms with Gasteiger partial charge >= 0.3 is 6.18 Å². The van der Waals surface area contributed by atoms with Gasteiger partial charge in [0.05, 0.1) is 6.61 Å². The number of alkyl halides is 3. The lowest BCUT2D eigenvalue weighted by molar-refractivity contribution is -0.163. The number of carbonyl (C=O) groups is 1. The highest BCUT2D eigenvalue weighted by atomic mass is 19.4. The Hall–Kier alpha value is -2.57. The first-order valence-electron chi connectivity index (χ1n) is 7.65. The second-order valence-corrected chi connectivity index (χ2v) is 5.36. The first-order valence-corrected chi connectivity index (χ1v) is 7.65. The Labute approximate surface area is 142 Å². The van der Waals surface area contributed by atoms with E-state index in [4.69, 9.17) is 4.74 Å². The van der Waals surface area contributed by atoms with Crippen LogP contribution in [0.5, 0.6) is 5.75 Å². The summed E-state index contributed by atoms with van der Waals surface area (Å²) >= 11 is 0. The van der Waals surface area contributed by atoms with E-state index in [1.807, 2.05) is 11.4 Å². The van der Waals surface area contributed by atoms with E-state index in [2.05, 4.69) is 0 Å². The minimum absolute atomic E-state index is 0.111. The van der Waals surface area contributed by atoms with Crippen LogP contribution in [0.4, 0.5) is 17.6 Å². The fraction of sp³-hybridized carbons (Fsp3) is 0.278. The molecular weight excluding hydrogens is 338 g/mol. The van der Waals surface area contributed by atoms with Gasteiger partial charge in [-0.25, -0.2) is 4.39 Å². The quantitative estimate of drug-likeness (QED) is 0.590. The van der Waals surface area contributed by atoms with Crippen LogP contribution >= 0.6 is 0 Å². The molecule has 2 rings (SSSR count). The van der Waals surface area contributed by atoms with Crippen molar-refractivity contribution in [1.29, 1.82) is 0 Å². The normalized spacial score (nSPS) is 12.5. The van der Waals surface area contributed by atoms with Crippen molar-refractivity contribution in [3.05, 3.63) is 66.0 Å². The lowest BCUT2D eigenvalue weighted by Gasteiger charge is -2.22. The van der Waals surface area contributed by atoms with Gasteiger partial charge in [0, 0.05) is 6.42 Å². The Balaban J connectivity index is 1.86. The van der Waals surface area contributed by atoms with Crippen molar-refractivity contribution in [3.8, 4) is 5.75 Å². The topological polar surface area (TPSA) is 38.3 Å². The molecule has 7 heteroatoms. The van der Waals surface area contributed by atoms with Crippen molar-refractivity contribution in [3.63, 3.8) is 0 Å². The predicted molar refractivity (Wildman–Crippen MR) is 84.5 cm³/mol. The summed E-state index contributed by atoms with van der Waals surface area (Å²) in [6.07, 6.45) is -4.51. The number of benzene rings is 2. The molecule has 25 heavy (non-hydrogen) atoms. The molecule has 1 N–H and O–H groups in total. The second-order valence-electron chi connectivity index (χ2n) is 5.36. The van der Waals surface area contributed by atoms with E-state index < -0.39 is 23.9 Å². The minimum Gasteiger partial charge on any atom is -0.494 e. The fourth-order valence-electron chi connectivity index (χ4n) is 2.18. The summed E-state index contributed by atoms with van der Waals surface area (Å²) in [5.41, 5.74) is -0.220. The maximum Gasteiger partial charge on any atom is 0.412 e. The van der Waals surface area contributed by atoms with Gasteiger partial charge in [-0.3, -0.25) is 4.79 Å². The molecule has 1 atom stereocenters. The predicted octanol–water partition coefficient (Wildman–Crippen LogP) is 4.40. The molecule has 134 valence electrons. The number of rotatable bonds is 7. The van der Waals surface area contributed by atoms with Crippen molar-refractivity contribution in [2.45, 2.75) is 25.1 Å². The molecule has 1 unspecified atom stereocenters. The van der Waals surface area contributed by atoms with Crippen molar-refractivity contribution in [2.24, 2.45) is 0 Å². The number of amides is 1. The number of halogens is 4. The standard InChI is InChI=1S/C18H17F4NO2/c19-14-10-8-13(9-11-14)17(18(20,21)22)23-16(24)7-4-12-25-15-5-2-1-3-6-15/h1-3,5-6,8-11,17H,4,7,12H2,(H,23,24). The molecule has 3 nitrogen and oxygen atoms in total. The maximum absolute atomic E-state index is 13.1. The van der Waals surface area contributed by atoms with E-state index in [0.29, 0.717) is 5.75 Å². The number of ether oxygens (including phenoxy) is 1. The van der Waals surface area contributed by atoms with Gasteiger partial charge in [-0.1, -0.05) is 30.3 Å². The first-order chi connectivity index (χ1) is 11.9. The SMILES string of the molecule is O=C(CCCOc1ccccc1)NC(c1ccc(F)cc1)C(F)(F)F. The molecular formula is C18H17F4NO2. The van der Waals surface area contributed by atoms with Crippen LogP contribution in [0, 0.1) is 5.82 Å². The van der Waals surface area contributed by atoms with E-state index >= 15 is 0 Å². The Kier molecular flexibility index (Phi) is 6.38. The third kappa shape index (κ3) is 6.10. The highest BCUT2D eigenvalue weighted by Crippen LogP contribution is 2.32. The van der Waals surface area contributed by atoms with Crippen LogP contribution in [0.2, 0.25) is 0 Å². The summed E-state index contributed by atoms with van der Waals surface area (Å²) in [6, 6.07) is 10.6. The molecule has 0 saturated carbocycles. The second kappa shape index (κ2) is 8.50. The highest BCUT2D eigenvalue weighted by Gasteiger charge is 2.41. The van der Waals surface area contributed by atoms with Crippen LogP contribution < -0.4 is 10.1 Å². The van der Waals surface area contributed by atoms with Crippen molar-refractivity contribution >= 4 is 5.91 Å². The van der Waals surface area contributed by atoms with Gasteiger partial charge in [0.2, 0.25) is 5.91 Å². The molecule has 0 heterocycles. The van der Waals surface area contributed by atoms with E-state index in [1.54, 1.807) is 24.3 Å². The summed E-state index contributed by atoms with van der Waals surface area (Å²) in [5.74, 6) is -0.764. The van der Waals surface area contributed by atoms with Gasteiger partial charge in [-0.2, -0.15) is 13.2 Å². The third-order valence-corrected chi connectivity index (χ3v) is 3.40. The average molecular weight is 355 g/mol. The number of hydrogen-bond acceptors (Lipinski definition) is 2. The number of nitrogens with one attached hydrogen (secondary N) is 1.